The zero-order valence-electron chi connectivity index (χ0n) is 20.9. The Hall–Kier alpha value is -5.45. The number of carboxylic acid groups (broad SMARTS) is 2. The van der Waals surface area contributed by atoms with Crippen molar-refractivity contribution in [1.82, 2.24) is 0 Å². The van der Waals surface area contributed by atoms with Crippen LogP contribution in [0, 0.1) is 0 Å². The first-order valence-electron chi connectivity index (χ1n) is 11.6. The molecule has 4 rings (SSSR count). The zero-order valence-corrected chi connectivity index (χ0v) is 20.9. The summed E-state index contributed by atoms with van der Waals surface area (Å²) in [6.07, 6.45) is 1.65. The van der Waals surface area contributed by atoms with Gasteiger partial charge in [0.15, 0.2) is 18.1 Å². The van der Waals surface area contributed by atoms with E-state index >= 15 is 0 Å². The molecule has 0 fully saturated rings. The van der Waals surface area contributed by atoms with Gasteiger partial charge >= 0.3 is 11.9 Å². The smallest absolute Gasteiger partial charge is 0.335 e. The first-order chi connectivity index (χ1) is 18.7. The molecule has 1 heterocycles. The number of hydrogen-bond donors (Lipinski definition) is 3. The highest BCUT2D eigenvalue weighted by atomic mass is 16.5. The van der Waals surface area contributed by atoms with Gasteiger partial charge in [-0.1, -0.05) is 6.07 Å². The molecule has 0 bridgehead atoms. The monoisotopic (exact) mass is 529 g/mol. The quantitative estimate of drug-likeness (QED) is 0.353. The lowest BCUT2D eigenvalue weighted by Gasteiger charge is -2.13. The Morgan fingerprint density at radius 3 is 2.13 bits per heavy atom. The van der Waals surface area contributed by atoms with Crippen molar-refractivity contribution in [2.75, 3.05) is 24.0 Å². The Kier molecular flexibility index (Phi) is 7.71. The van der Waals surface area contributed by atoms with Crippen LogP contribution in [-0.2, 0) is 9.59 Å². The Bertz CT molecular complexity index is 1510. The SMILES string of the molecule is COc1cc(/C=C2\C(=O)N(c3ccc(C(=O)O)cc3)N=C2C)ccc1OCC(=O)Nc1ccc(C(=O)O)cc1. The van der Waals surface area contributed by atoms with Crippen LogP contribution >= 0.6 is 0 Å². The topological polar surface area (TPSA) is 155 Å². The fourth-order valence-corrected chi connectivity index (χ4v) is 3.70. The molecule has 0 unspecified atom stereocenters. The number of nitrogens with one attached hydrogen (secondary N) is 1. The maximum absolute atomic E-state index is 13.0. The van der Waals surface area contributed by atoms with Gasteiger partial charge in [-0.25, -0.2) is 9.59 Å². The number of nitrogens with zero attached hydrogens (tertiary/aromatic N) is 2. The predicted molar refractivity (Wildman–Crippen MR) is 142 cm³/mol. The number of methoxy groups -OCH3 is 1. The maximum Gasteiger partial charge on any atom is 0.335 e. The second-order valence-electron chi connectivity index (χ2n) is 8.34. The van der Waals surface area contributed by atoms with Crippen LogP contribution in [0.1, 0.15) is 33.2 Å². The van der Waals surface area contributed by atoms with Crippen LogP contribution in [0.5, 0.6) is 11.5 Å². The van der Waals surface area contributed by atoms with Crippen LogP contribution < -0.4 is 19.8 Å². The van der Waals surface area contributed by atoms with Gasteiger partial charge < -0.3 is 25.0 Å². The van der Waals surface area contributed by atoms with Gasteiger partial charge in [-0.05, 0) is 79.2 Å². The Morgan fingerprint density at radius 1 is 0.923 bits per heavy atom. The van der Waals surface area contributed by atoms with E-state index in [2.05, 4.69) is 10.4 Å². The Balaban J connectivity index is 1.43. The standard InChI is InChI=1S/C28H23N3O8/c1-16-22(26(33)31(30-16)21-10-6-19(7-11-21)28(36)37)13-17-3-12-23(24(14-17)38-2)39-15-25(32)29-20-8-4-18(5-9-20)27(34)35/h3-14H,15H2,1-2H3,(H,29,32)(H,34,35)(H,36,37)/b22-13-. The molecule has 11 nitrogen and oxygen atoms in total. The summed E-state index contributed by atoms with van der Waals surface area (Å²) in [5.41, 5.74) is 2.52. The highest BCUT2D eigenvalue weighted by molar-refractivity contribution is 6.32. The minimum atomic E-state index is -1.07. The molecule has 3 aromatic rings. The molecule has 3 aromatic carbocycles. The van der Waals surface area contributed by atoms with Gasteiger partial charge in [0.2, 0.25) is 0 Å². The van der Waals surface area contributed by atoms with E-state index in [0.29, 0.717) is 39.7 Å². The number of hydrogen-bond acceptors (Lipinski definition) is 7. The van der Waals surface area contributed by atoms with E-state index in [1.807, 2.05) is 0 Å². The number of anilines is 2. The largest absolute Gasteiger partial charge is 0.493 e. The van der Waals surface area contributed by atoms with Crippen molar-refractivity contribution < 1.29 is 38.9 Å². The third kappa shape index (κ3) is 6.10. The summed E-state index contributed by atoms with van der Waals surface area (Å²) in [6.45, 7) is 1.37. The van der Waals surface area contributed by atoms with Crippen molar-refractivity contribution in [1.29, 1.82) is 0 Å². The summed E-state index contributed by atoms with van der Waals surface area (Å²) >= 11 is 0. The van der Waals surface area contributed by atoms with Crippen LogP contribution in [0.15, 0.2) is 77.4 Å². The van der Waals surface area contributed by atoms with Gasteiger partial charge in [0.25, 0.3) is 11.8 Å². The number of carbonyl (C=O) groups is 4. The number of aromatic carboxylic acids is 2. The maximum atomic E-state index is 13.0. The number of hydrazone groups is 1. The normalized spacial score (nSPS) is 13.7. The van der Waals surface area contributed by atoms with Crippen LogP contribution in [0.3, 0.4) is 0 Å². The fraction of sp³-hybridized carbons (Fsp3) is 0.107. The molecule has 0 atom stereocenters. The summed E-state index contributed by atoms with van der Waals surface area (Å²) in [4.78, 5) is 47.4. The average molecular weight is 530 g/mol. The van der Waals surface area contributed by atoms with Gasteiger partial charge in [0.1, 0.15) is 0 Å². The molecule has 2 amide bonds. The van der Waals surface area contributed by atoms with Crippen molar-refractivity contribution in [2.24, 2.45) is 5.10 Å². The number of benzene rings is 3. The molecule has 3 N–H and O–H groups in total. The lowest BCUT2D eigenvalue weighted by atomic mass is 10.1. The van der Waals surface area contributed by atoms with Gasteiger partial charge in [-0.3, -0.25) is 9.59 Å². The predicted octanol–water partition coefficient (Wildman–Crippen LogP) is 3.92. The van der Waals surface area contributed by atoms with Gasteiger partial charge in [0.05, 0.1) is 35.2 Å². The highest BCUT2D eigenvalue weighted by Crippen LogP contribution is 2.31. The molecular formula is C28H23N3O8. The molecule has 0 spiro atoms. The molecule has 0 saturated carbocycles. The zero-order chi connectivity index (χ0) is 28.1. The van der Waals surface area contributed by atoms with Crippen LogP contribution in [0.4, 0.5) is 11.4 Å². The number of rotatable bonds is 9. The molecule has 0 radical (unpaired) electrons. The first kappa shape index (κ1) is 26.6. The van der Waals surface area contributed by atoms with E-state index in [1.165, 1.54) is 60.6 Å². The minimum Gasteiger partial charge on any atom is -0.493 e. The van der Waals surface area contributed by atoms with E-state index in [9.17, 15) is 19.2 Å². The summed E-state index contributed by atoms with van der Waals surface area (Å²) in [6, 6.07) is 16.5. The van der Waals surface area contributed by atoms with E-state index < -0.39 is 17.8 Å². The molecule has 1 aliphatic heterocycles. The van der Waals surface area contributed by atoms with Crippen molar-refractivity contribution in [2.45, 2.75) is 6.92 Å². The minimum absolute atomic E-state index is 0.100. The van der Waals surface area contributed by atoms with E-state index in [1.54, 1.807) is 31.2 Å². The highest BCUT2D eigenvalue weighted by Gasteiger charge is 2.29. The summed E-state index contributed by atoms with van der Waals surface area (Å²) in [5, 5.41) is 26.2. The summed E-state index contributed by atoms with van der Waals surface area (Å²) in [5.74, 6) is -2.31. The molecule has 198 valence electrons. The van der Waals surface area contributed by atoms with Gasteiger partial charge in [0, 0.05) is 5.69 Å². The van der Waals surface area contributed by atoms with Gasteiger partial charge in [-0.2, -0.15) is 10.1 Å². The summed E-state index contributed by atoms with van der Waals surface area (Å²) < 4.78 is 11.0. The van der Waals surface area contributed by atoms with Crippen LogP contribution in [-0.4, -0.2) is 53.4 Å². The molecule has 0 aliphatic carbocycles. The second-order valence-corrected chi connectivity index (χ2v) is 8.34. The Morgan fingerprint density at radius 2 is 1.54 bits per heavy atom. The number of amides is 2. The van der Waals surface area contributed by atoms with Gasteiger partial charge in [-0.15, -0.1) is 0 Å². The van der Waals surface area contributed by atoms with E-state index in [0.717, 1.165) is 0 Å². The first-order valence-corrected chi connectivity index (χ1v) is 11.6. The molecule has 0 saturated heterocycles. The Labute approximate surface area is 222 Å². The number of carbonyl (C=O) groups excluding carboxylic acids is 2. The molecular weight excluding hydrogens is 506 g/mol. The van der Waals surface area contributed by atoms with Crippen molar-refractivity contribution in [3.63, 3.8) is 0 Å². The lowest BCUT2D eigenvalue weighted by Crippen LogP contribution is -2.21. The number of ether oxygens (including phenoxy) is 2. The van der Waals surface area contributed by atoms with E-state index in [4.69, 9.17) is 19.7 Å². The third-order valence-electron chi connectivity index (χ3n) is 5.69. The fourth-order valence-electron chi connectivity index (χ4n) is 3.70. The second kappa shape index (κ2) is 11.3. The molecule has 1 aliphatic rings. The molecule has 11 heteroatoms. The average Bonchev–Trinajstić information content (AvgIpc) is 3.20. The van der Waals surface area contributed by atoms with E-state index in [-0.39, 0.29) is 23.6 Å². The van der Waals surface area contributed by atoms with Crippen molar-refractivity contribution in [3.05, 3.63) is 89.0 Å². The molecule has 0 aromatic heterocycles. The van der Waals surface area contributed by atoms with Crippen molar-refractivity contribution >= 4 is 46.9 Å². The molecule has 39 heavy (non-hydrogen) atoms. The summed E-state index contributed by atoms with van der Waals surface area (Å²) in [7, 11) is 1.44. The lowest BCUT2D eigenvalue weighted by molar-refractivity contribution is -0.118. The third-order valence-corrected chi connectivity index (χ3v) is 5.69. The number of carboxylic acids is 2. The van der Waals surface area contributed by atoms with Crippen LogP contribution in [0.2, 0.25) is 0 Å². The van der Waals surface area contributed by atoms with Crippen molar-refractivity contribution in [3.8, 4) is 11.5 Å². The van der Waals surface area contributed by atoms with Crippen LogP contribution in [0.25, 0.3) is 6.08 Å².